The van der Waals surface area contributed by atoms with Crippen LogP contribution in [0.5, 0.6) is 11.8 Å². The first-order chi connectivity index (χ1) is 14.8. The molecular weight excluding hydrogens is 396 g/mol. The van der Waals surface area contributed by atoms with Crippen LogP contribution in [-0.2, 0) is 0 Å². The van der Waals surface area contributed by atoms with Crippen molar-refractivity contribution < 1.29 is 9.53 Å². The maximum atomic E-state index is 12.2. The lowest BCUT2D eigenvalue weighted by atomic mass is 10.2. The van der Waals surface area contributed by atoms with Gasteiger partial charge in [0.15, 0.2) is 5.65 Å². The molecule has 0 bridgehead atoms. The fourth-order valence-corrected chi connectivity index (χ4v) is 2.68. The average Bonchev–Trinajstić information content (AvgIpc) is 3.11. The van der Waals surface area contributed by atoms with Crippen molar-refractivity contribution in [2.45, 2.75) is 33.7 Å². The van der Waals surface area contributed by atoms with E-state index in [4.69, 9.17) is 4.74 Å². The molecule has 1 amide bonds. The van der Waals surface area contributed by atoms with Gasteiger partial charge >= 0.3 is 0 Å². The number of nitrogens with zero attached hydrogens (tertiary/aromatic N) is 3. The smallest absolute Gasteiger partial charge is 0.255 e. The van der Waals surface area contributed by atoms with E-state index in [1.54, 1.807) is 18.3 Å². The maximum Gasteiger partial charge on any atom is 0.255 e. The van der Waals surface area contributed by atoms with Crippen molar-refractivity contribution in [2.24, 2.45) is 0 Å². The van der Waals surface area contributed by atoms with E-state index in [0.717, 1.165) is 11.4 Å². The van der Waals surface area contributed by atoms with E-state index in [0.29, 0.717) is 22.6 Å². The summed E-state index contributed by atoms with van der Waals surface area (Å²) in [6.45, 7) is 7.52. The van der Waals surface area contributed by atoms with Gasteiger partial charge in [-0.05, 0) is 39.8 Å². The number of hydrogen-bond acceptors (Lipinski definition) is 6. The van der Waals surface area contributed by atoms with E-state index in [-0.39, 0.29) is 23.4 Å². The van der Waals surface area contributed by atoms with E-state index in [9.17, 15) is 9.59 Å². The molecule has 0 saturated heterocycles. The molecule has 31 heavy (non-hydrogen) atoms. The van der Waals surface area contributed by atoms with Crippen molar-refractivity contribution in [1.29, 1.82) is 0 Å². The van der Waals surface area contributed by atoms with Crippen LogP contribution < -0.4 is 15.6 Å². The van der Waals surface area contributed by atoms with E-state index in [2.05, 4.69) is 30.2 Å². The van der Waals surface area contributed by atoms with Crippen LogP contribution >= 0.6 is 0 Å². The Balaban J connectivity index is 0.000000287. The zero-order valence-electron chi connectivity index (χ0n) is 17.8. The van der Waals surface area contributed by atoms with E-state index < -0.39 is 0 Å². The molecule has 9 heteroatoms. The number of fused-ring (bicyclic) bond motifs is 1. The molecule has 0 radical (unpaired) electrons. The number of hydrogen-bond donors (Lipinski definition) is 3. The van der Waals surface area contributed by atoms with Crippen molar-refractivity contribution in [1.82, 2.24) is 30.2 Å². The molecule has 4 aromatic rings. The number of carbonyl (C=O) groups excluding carboxylic acids is 1. The topological polar surface area (TPSA) is 126 Å². The Labute approximate surface area is 178 Å². The van der Waals surface area contributed by atoms with Gasteiger partial charge in [0, 0.05) is 35.8 Å². The number of aryl methyl sites for hydroxylation is 2. The van der Waals surface area contributed by atoms with Crippen LogP contribution in [0.1, 0.15) is 35.6 Å². The number of H-pyrrole nitrogens is 2. The van der Waals surface area contributed by atoms with Crippen LogP contribution in [0.4, 0.5) is 0 Å². The predicted octanol–water partition coefficient (Wildman–Crippen LogP) is 3.28. The number of pyridine rings is 2. The third-order valence-corrected chi connectivity index (χ3v) is 4.01. The molecule has 0 aliphatic heterocycles. The lowest BCUT2D eigenvalue weighted by Gasteiger charge is -2.07. The van der Waals surface area contributed by atoms with Gasteiger partial charge in [0.2, 0.25) is 17.3 Å². The molecule has 0 spiro atoms. The second-order valence-corrected chi connectivity index (χ2v) is 7.15. The summed E-state index contributed by atoms with van der Waals surface area (Å²) in [6, 6.07) is 10.6. The van der Waals surface area contributed by atoms with Crippen LogP contribution in [0.3, 0.4) is 0 Å². The normalized spacial score (nSPS) is 10.5. The van der Waals surface area contributed by atoms with Gasteiger partial charge in [-0.25, -0.2) is 15.0 Å². The van der Waals surface area contributed by atoms with Gasteiger partial charge in [0.25, 0.3) is 5.91 Å². The summed E-state index contributed by atoms with van der Waals surface area (Å²) in [7, 11) is 0. The first kappa shape index (κ1) is 21.7. The minimum atomic E-state index is -0.202. The Kier molecular flexibility index (Phi) is 6.76. The number of amides is 1. The average molecular weight is 420 g/mol. The largest absolute Gasteiger partial charge is 0.419 e. The molecule has 0 unspecified atom stereocenters. The molecule has 4 aromatic heterocycles. The molecule has 0 atom stereocenters. The van der Waals surface area contributed by atoms with Gasteiger partial charge in [0.05, 0.1) is 11.8 Å². The van der Waals surface area contributed by atoms with Gasteiger partial charge in [-0.1, -0.05) is 12.1 Å². The first-order valence-corrected chi connectivity index (χ1v) is 9.74. The number of aromatic amines is 2. The first-order valence-electron chi connectivity index (χ1n) is 9.74. The van der Waals surface area contributed by atoms with Crippen molar-refractivity contribution >= 4 is 17.1 Å². The van der Waals surface area contributed by atoms with Gasteiger partial charge in [0.1, 0.15) is 5.52 Å². The van der Waals surface area contributed by atoms with Crippen LogP contribution in [-0.4, -0.2) is 36.9 Å². The SMILES string of the molecule is Cc1cccc(=O)[nH]1.Cc1cccc(Oc2cnc3[nH]cc(C(=O)NC(C)C)c3n2)n1. The molecule has 0 aliphatic carbocycles. The number of aromatic nitrogens is 5. The highest BCUT2D eigenvalue weighted by Crippen LogP contribution is 2.21. The Hall–Kier alpha value is -4.01. The Morgan fingerprint density at radius 3 is 2.48 bits per heavy atom. The predicted molar refractivity (Wildman–Crippen MR) is 117 cm³/mol. The van der Waals surface area contributed by atoms with Crippen molar-refractivity contribution in [3.8, 4) is 11.8 Å². The number of nitrogens with one attached hydrogen (secondary N) is 3. The second-order valence-electron chi connectivity index (χ2n) is 7.15. The molecule has 0 fully saturated rings. The van der Waals surface area contributed by atoms with Gasteiger partial charge in [-0.2, -0.15) is 0 Å². The third kappa shape index (κ3) is 5.99. The second kappa shape index (κ2) is 9.66. The van der Waals surface area contributed by atoms with Crippen LogP contribution in [0, 0.1) is 13.8 Å². The quantitative estimate of drug-likeness (QED) is 0.465. The highest BCUT2D eigenvalue weighted by Gasteiger charge is 2.16. The van der Waals surface area contributed by atoms with Crippen molar-refractivity contribution in [3.05, 3.63) is 76.1 Å². The molecule has 0 saturated carbocycles. The summed E-state index contributed by atoms with van der Waals surface area (Å²) < 4.78 is 5.62. The number of carbonyl (C=O) groups is 1. The highest BCUT2D eigenvalue weighted by atomic mass is 16.5. The standard InChI is InChI=1S/C16H17N5O2.C6H7NO/c1-9(2)19-16(22)11-7-17-15-14(11)21-13(8-18-15)23-12-6-4-5-10(3)20-12;1-5-3-2-4-6(8)7-5/h4-9H,1-3H3,(H,17,18)(H,19,22);2-4H,1H3,(H,7,8). The summed E-state index contributed by atoms with van der Waals surface area (Å²) in [5, 5.41) is 2.83. The molecular formula is C22H24N6O3. The summed E-state index contributed by atoms with van der Waals surface area (Å²) in [6.07, 6.45) is 3.09. The molecule has 4 rings (SSSR count). The summed E-state index contributed by atoms with van der Waals surface area (Å²) in [5.41, 5.74) is 3.14. The molecule has 4 heterocycles. The van der Waals surface area contributed by atoms with E-state index in [1.165, 1.54) is 12.3 Å². The summed E-state index contributed by atoms with van der Waals surface area (Å²) in [4.78, 5) is 41.0. The van der Waals surface area contributed by atoms with Gasteiger partial charge in [-0.15, -0.1) is 0 Å². The minimum Gasteiger partial charge on any atom is -0.419 e. The monoisotopic (exact) mass is 420 g/mol. The Morgan fingerprint density at radius 2 is 1.84 bits per heavy atom. The van der Waals surface area contributed by atoms with Crippen molar-refractivity contribution in [3.63, 3.8) is 0 Å². The molecule has 0 aromatic carbocycles. The van der Waals surface area contributed by atoms with E-state index in [1.807, 2.05) is 45.9 Å². The number of ether oxygens (including phenoxy) is 1. The van der Waals surface area contributed by atoms with Crippen molar-refractivity contribution in [2.75, 3.05) is 0 Å². The van der Waals surface area contributed by atoms with E-state index >= 15 is 0 Å². The fraction of sp³-hybridized carbons (Fsp3) is 0.227. The molecule has 3 N–H and O–H groups in total. The summed E-state index contributed by atoms with van der Waals surface area (Å²) in [5.74, 6) is 0.516. The molecule has 9 nitrogen and oxygen atoms in total. The fourth-order valence-electron chi connectivity index (χ4n) is 2.68. The van der Waals surface area contributed by atoms with Crippen LogP contribution in [0.2, 0.25) is 0 Å². The summed E-state index contributed by atoms with van der Waals surface area (Å²) >= 11 is 0. The lowest BCUT2D eigenvalue weighted by molar-refractivity contribution is 0.0944. The minimum absolute atomic E-state index is 0.0370. The zero-order chi connectivity index (χ0) is 22.4. The van der Waals surface area contributed by atoms with Crippen LogP contribution in [0.25, 0.3) is 11.2 Å². The molecule has 160 valence electrons. The van der Waals surface area contributed by atoms with Gasteiger partial charge < -0.3 is 20.0 Å². The van der Waals surface area contributed by atoms with Crippen LogP contribution in [0.15, 0.2) is 53.6 Å². The third-order valence-electron chi connectivity index (χ3n) is 4.01. The Bertz CT molecular complexity index is 1250. The zero-order valence-corrected chi connectivity index (χ0v) is 17.8. The maximum absolute atomic E-state index is 12.2. The molecule has 0 aliphatic rings. The highest BCUT2D eigenvalue weighted by molar-refractivity contribution is 6.04. The Morgan fingerprint density at radius 1 is 1.06 bits per heavy atom. The number of rotatable bonds is 4. The lowest BCUT2D eigenvalue weighted by Crippen LogP contribution is -2.29. The van der Waals surface area contributed by atoms with Gasteiger partial charge in [-0.3, -0.25) is 9.59 Å².